The SMILES string of the molecule is CCn1c(C(=O)OC)c(NC(=O)[C@@H]2CCOC2)c2cc(NC3CCOCC3)cnc21. The maximum Gasteiger partial charge on any atom is 0.356 e. The molecular formula is C21H28N4O5. The summed E-state index contributed by atoms with van der Waals surface area (Å²) in [5.41, 5.74) is 2.23. The van der Waals surface area contributed by atoms with Crippen LogP contribution < -0.4 is 10.6 Å². The molecule has 4 rings (SSSR count). The van der Waals surface area contributed by atoms with Gasteiger partial charge in [-0.1, -0.05) is 0 Å². The third-order valence-corrected chi connectivity index (χ3v) is 5.73. The van der Waals surface area contributed by atoms with Gasteiger partial charge >= 0.3 is 5.97 Å². The number of carbonyl (C=O) groups is 2. The Morgan fingerprint density at radius 1 is 1.23 bits per heavy atom. The van der Waals surface area contributed by atoms with Crippen molar-refractivity contribution >= 4 is 34.3 Å². The first-order valence-electron chi connectivity index (χ1n) is 10.5. The highest BCUT2D eigenvalue weighted by molar-refractivity contribution is 6.11. The van der Waals surface area contributed by atoms with E-state index in [4.69, 9.17) is 14.2 Å². The van der Waals surface area contributed by atoms with Gasteiger partial charge in [0.15, 0.2) is 5.69 Å². The number of hydrogen-bond donors (Lipinski definition) is 2. The fraction of sp³-hybridized carbons (Fsp3) is 0.571. The van der Waals surface area contributed by atoms with Crippen LogP contribution in [0.25, 0.3) is 11.0 Å². The van der Waals surface area contributed by atoms with E-state index in [2.05, 4.69) is 15.6 Å². The van der Waals surface area contributed by atoms with E-state index in [0.717, 1.165) is 31.7 Å². The van der Waals surface area contributed by atoms with Crippen LogP contribution in [0.2, 0.25) is 0 Å². The summed E-state index contributed by atoms with van der Waals surface area (Å²) in [6, 6.07) is 2.25. The number of rotatable bonds is 6. The number of nitrogens with one attached hydrogen (secondary N) is 2. The van der Waals surface area contributed by atoms with Crippen LogP contribution in [0.15, 0.2) is 12.3 Å². The average molecular weight is 416 g/mol. The first kappa shape index (κ1) is 20.6. The molecule has 2 saturated heterocycles. The molecule has 162 valence electrons. The molecule has 1 amide bonds. The number of aryl methyl sites for hydroxylation is 1. The minimum atomic E-state index is -0.508. The molecule has 0 spiro atoms. The van der Waals surface area contributed by atoms with E-state index in [1.165, 1.54) is 7.11 Å². The minimum Gasteiger partial charge on any atom is -0.464 e. The Labute approximate surface area is 175 Å². The standard InChI is InChI=1S/C21H28N4O5/c1-3-25-18(21(27)28-2)17(24-20(26)13-4-7-30-12-13)16-10-15(11-22-19(16)25)23-14-5-8-29-9-6-14/h10-11,13-14,23H,3-9,12H2,1-2H3,(H,24,26)/t13-/m1/s1. The summed E-state index contributed by atoms with van der Waals surface area (Å²) >= 11 is 0. The minimum absolute atomic E-state index is 0.157. The second kappa shape index (κ2) is 9.01. The third kappa shape index (κ3) is 3.99. The zero-order valence-electron chi connectivity index (χ0n) is 17.4. The molecule has 2 fully saturated rings. The molecule has 4 heterocycles. The molecule has 9 nitrogen and oxygen atoms in total. The number of aromatic nitrogens is 2. The van der Waals surface area contributed by atoms with Crippen molar-refractivity contribution in [3.8, 4) is 0 Å². The Balaban J connectivity index is 1.74. The first-order chi connectivity index (χ1) is 14.6. The van der Waals surface area contributed by atoms with Gasteiger partial charge in [-0.15, -0.1) is 0 Å². The topological polar surface area (TPSA) is 104 Å². The molecule has 2 aliphatic heterocycles. The molecule has 2 aliphatic rings. The number of esters is 1. The maximum atomic E-state index is 12.8. The molecule has 0 aliphatic carbocycles. The molecule has 0 saturated carbocycles. The van der Waals surface area contributed by atoms with E-state index in [9.17, 15) is 9.59 Å². The van der Waals surface area contributed by atoms with Crippen LogP contribution in [-0.4, -0.2) is 61.0 Å². The fourth-order valence-corrected chi connectivity index (χ4v) is 4.09. The van der Waals surface area contributed by atoms with Crippen LogP contribution in [0.4, 0.5) is 11.4 Å². The summed E-state index contributed by atoms with van der Waals surface area (Å²) in [6.45, 7) is 4.87. The summed E-state index contributed by atoms with van der Waals surface area (Å²) in [4.78, 5) is 30.0. The zero-order chi connectivity index (χ0) is 21.1. The Morgan fingerprint density at radius 3 is 2.67 bits per heavy atom. The molecule has 0 bridgehead atoms. The van der Waals surface area contributed by atoms with Crippen molar-refractivity contribution in [1.29, 1.82) is 0 Å². The summed E-state index contributed by atoms with van der Waals surface area (Å²) in [7, 11) is 1.34. The van der Waals surface area contributed by atoms with Crippen LogP contribution in [0.5, 0.6) is 0 Å². The number of pyridine rings is 1. The van der Waals surface area contributed by atoms with Gasteiger partial charge in [0.1, 0.15) is 5.65 Å². The van der Waals surface area contributed by atoms with E-state index in [-0.39, 0.29) is 11.8 Å². The quantitative estimate of drug-likeness (QED) is 0.697. The molecule has 2 aromatic rings. The summed E-state index contributed by atoms with van der Waals surface area (Å²) < 4.78 is 17.6. The Bertz CT molecular complexity index is 929. The number of amides is 1. The first-order valence-corrected chi connectivity index (χ1v) is 10.5. The van der Waals surface area contributed by atoms with E-state index in [1.807, 2.05) is 13.0 Å². The van der Waals surface area contributed by atoms with Crippen LogP contribution in [0.3, 0.4) is 0 Å². The second-order valence-corrected chi connectivity index (χ2v) is 7.64. The van der Waals surface area contributed by atoms with Gasteiger partial charge in [0.05, 0.1) is 37.2 Å². The van der Waals surface area contributed by atoms with Gasteiger partial charge in [-0.3, -0.25) is 4.79 Å². The molecule has 0 radical (unpaired) electrons. The number of carbonyl (C=O) groups excluding carboxylic acids is 2. The van der Waals surface area contributed by atoms with Crippen molar-refractivity contribution in [3.05, 3.63) is 18.0 Å². The highest BCUT2D eigenvalue weighted by Crippen LogP contribution is 2.33. The summed E-state index contributed by atoms with van der Waals surface area (Å²) in [6.07, 6.45) is 4.28. The molecule has 30 heavy (non-hydrogen) atoms. The van der Waals surface area contributed by atoms with E-state index >= 15 is 0 Å². The predicted molar refractivity (Wildman–Crippen MR) is 112 cm³/mol. The lowest BCUT2D eigenvalue weighted by atomic mass is 10.1. The van der Waals surface area contributed by atoms with Gasteiger partial charge in [0, 0.05) is 37.8 Å². The largest absolute Gasteiger partial charge is 0.464 e. The molecule has 2 N–H and O–H groups in total. The highest BCUT2D eigenvalue weighted by atomic mass is 16.5. The summed E-state index contributed by atoms with van der Waals surface area (Å²) in [5, 5.41) is 7.18. The molecule has 9 heteroatoms. The lowest BCUT2D eigenvalue weighted by molar-refractivity contribution is -0.119. The van der Waals surface area contributed by atoms with Crippen molar-refractivity contribution in [3.63, 3.8) is 0 Å². The second-order valence-electron chi connectivity index (χ2n) is 7.64. The van der Waals surface area contributed by atoms with Gasteiger partial charge in [-0.2, -0.15) is 0 Å². The third-order valence-electron chi connectivity index (χ3n) is 5.73. The Hall–Kier alpha value is -2.65. The zero-order valence-corrected chi connectivity index (χ0v) is 17.4. The predicted octanol–water partition coefficient (Wildman–Crippen LogP) is 2.41. The number of nitrogens with zero attached hydrogens (tertiary/aromatic N) is 2. The monoisotopic (exact) mass is 416 g/mol. The van der Waals surface area contributed by atoms with Crippen molar-refractivity contribution in [2.45, 2.75) is 38.8 Å². The Morgan fingerprint density at radius 2 is 2.00 bits per heavy atom. The van der Waals surface area contributed by atoms with Crippen molar-refractivity contribution in [2.24, 2.45) is 5.92 Å². The number of ether oxygens (including phenoxy) is 3. The van der Waals surface area contributed by atoms with Crippen molar-refractivity contribution in [2.75, 3.05) is 44.2 Å². The lowest BCUT2D eigenvalue weighted by Crippen LogP contribution is -2.27. The van der Waals surface area contributed by atoms with Gasteiger partial charge in [0.2, 0.25) is 5.91 Å². The van der Waals surface area contributed by atoms with E-state index in [1.54, 1.807) is 10.8 Å². The normalized spacial score (nSPS) is 19.7. The van der Waals surface area contributed by atoms with Gasteiger partial charge in [-0.05, 0) is 32.3 Å². The maximum absolute atomic E-state index is 12.8. The summed E-state index contributed by atoms with van der Waals surface area (Å²) in [5.74, 6) is -0.894. The number of anilines is 2. The van der Waals surface area contributed by atoms with Crippen LogP contribution in [0.1, 0.15) is 36.7 Å². The molecule has 2 aromatic heterocycles. The van der Waals surface area contributed by atoms with E-state index < -0.39 is 5.97 Å². The highest BCUT2D eigenvalue weighted by Gasteiger charge is 2.29. The van der Waals surface area contributed by atoms with E-state index in [0.29, 0.717) is 54.6 Å². The molecule has 0 unspecified atom stereocenters. The van der Waals surface area contributed by atoms with Crippen molar-refractivity contribution < 1.29 is 23.8 Å². The van der Waals surface area contributed by atoms with Gasteiger partial charge < -0.3 is 29.4 Å². The van der Waals surface area contributed by atoms with Crippen LogP contribution in [0, 0.1) is 5.92 Å². The lowest BCUT2D eigenvalue weighted by Gasteiger charge is -2.24. The average Bonchev–Trinajstić information content (AvgIpc) is 3.41. The number of methoxy groups -OCH3 is 1. The Kier molecular flexibility index (Phi) is 6.19. The van der Waals surface area contributed by atoms with Crippen LogP contribution >= 0.6 is 0 Å². The smallest absolute Gasteiger partial charge is 0.356 e. The van der Waals surface area contributed by atoms with Gasteiger partial charge in [0.25, 0.3) is 0 Å². The fourth-order valence-electron chi connectivity index (χ4n) is 4.09. The van der Waals surface area contributed by atoms with Gasteiger partial charge in [-0.25, -0.2) is 9.78 Å². The molecule has 1 atom stereocenters. The number of hydrogen-bond acceptors (Lipinski definition) is 7. The molecular weight excluding hydrogens is 388 g/mol. The van der Waals surface area contributed by atoms with Crippen molar-refractivity contribution in [1.82, 2.24) is 9.55 Å². The number of fused-ring (bicyclic) bond motifs is 1. The van der Waals surface area contributed by atoms with Crippen LogP contribution in [-0.2, 0) is 25.5 Å². The molecule has 0 aromatic carbocycles.